The Bertz CT molecular complexity index is 582. The fourth-order valence-corrected chi connectivity index (χ4v) is 3.16. The second kappa shape index (κ2) is 4.82. The summed E-state index contributed by atoms with van der Waals surface area (Å²) in [4.78, 5) is 17.2. The molecule has 0 bridgehead atoms. The largest absolute Gasteiger partial charge is 0.288 e. The van der Waals surface area contributed by atoms with Crippen molar-refractivity contribution in [2.45, 2.75) is 0 Å². The number of halogens is 2. The first-order valence-corrected chi connectivity index (χ1v) is 6.31. The minimum absolute atomic E-state index is 0.269. The van der Waals surface area contributed by atoms with Gasteiger partial charge in [0.1, 0.15) is 4.88 Å². The average molecular weight is 290 g/mol. The quantitative estimate of drug-likeness (QED) is 0.786. The van der Waals surface area contributed by atoms with Crippen LogP contribution in [0.5, 0.6) is 0 Å². The third-order valence-corrected chi connectivity index (χ3v) is 4.23. The Labute approximate surface area is 112 Å². The van der Waals surface area contributed by atoms with E-state index in [2.05, 4.69) is 0 Å². The second-order valence-corrected chi connectivity index (χ2v) is 5.24. The lowest BCUT2D eigenvalue weighted by Crippen LogP contribution is -2.24. The van der Waals surface area contributed by atoms with Crippen molar-refractivity contribution in [2.24, 2.45) is 0 Å². The molecule has 0 N–H and O–H groups in total. The summed E-state index contributed by atoms with van der Waals surface area (Å²) in [5.41, 5.74) is 0. The molecule has 0 aliphatic rings. The molecule has 0 saturated heterocycles. The number of nitrogens with zero attached hydrogens (tertiary/aromatic N) is 1. The van der Waals surface area contributed by atoms with Gasteiger partial charge in [-0.15, -0.1) is 11.3 Å². The second-order valence-electron chi connectivity index (χ2n) is 3.37. The lowest BCUT2D eigenvalue weighted by molar-refractivity contribution is -0.0753. The zero-order chi connectivity index (χ0) is 12.6. The van der Waals surface area contributed by atoms with Crippen molar-refractivity contribution in [2.75, 3.05) is 14.2 Å². The maximum atomic E-state index is 11.9. The van der Waals surface area contributed by atoms with Crippen LogP contribution in [0, 0.1) is 0 Å². The molecule has 1 amide bonds. The van der Waals surface area contributed by atoms with Crippen molar-refractivity contribution in [3.63, 3.8) is 0 Å². The number of hydrogen-bond donors (Lipinski definition) is 0. The van der Waals surface area contributed by atoms with E-state index >= 15 is 0 Å². The Morgan fingerprint density at radius 2 is 2.12 bits per heavy atom. The summed E-state index contributed by atoms with van der Waals surface area (Å²) in [6.07, 6.45) is 0. The molecule has 0 fully saturated rings. The molecular formula is C11H9Cl2NO2S. The first kappa shape index (κ1) is 12.6. The van der Waals surface area contributed by atoms with E-state index in [1.807, 2.05) is 0 Å². The maximum absolute atomic E-state index is 11.9. The Morgan fingerprint density at radius 1 is 1.41 bits per heavy atom. The average Bonchev–Trinajstić information content (AvgIpc) is 2.64. The Kier molecular flexibility index (Phi) is 3.58. The van der Waals surface area contributed by atoms with Crippen molar-refractivity contribution in [3.05, 3.63) is 33.1 Å². The summed E-state index contributed by atoms with van der Waals surface area (Å²) in [7, 11) is 2.96. The van der Waals surface area contributed by atoms with Crippen LogP contribution in [0.4, 0.5) is 0 Å². The highest BCUT2D eigenvalue weighted by Crippen LogP contribution is 2.37. The van der Waals surface area contributed by atoms with E-state index in [0.717, 1.165) is 15.1 Å². The van der Waals surface area contributed by atoms with Gasteiger partial charge in [-0.05, 0) is 12.1 Å². The minimum Gasteiger partial charge on any atom is -0.274 e. The lowest BCUT2D eigenvalue weighted by Gasteiger charge is -2.12. The van der Waals surface area contributed by atoms with Crippen molar-refractivity contribution in [3.8, 4) is 0 Å². The first-order valence-electron chi connectivity index (χ1n) is 4.74. The zero-order valence-electron chi connectivity index (χ0n) is 9.16. The first-order chi connectivity index (χ1) is 8.04. The van der Waals surface area contributed by atoms with E-state index in [-0.39, 0.29) is 5.91 Å². The number of fused-ring (bicyclic) bond motifs is 1. The highest BCUT2D eigenvalue weighted by molar-refractivity contribution is 7.21. The maximum Gasteiger partial charge on any atom is 0.288 e. The molecule has 2 rings (SSSR count). The summed E-state index contributed by atoms with van der Waals surface area (Å²) < 4.78 is 0.885. The van der Waals surface area contributed by atoms with E-state index in [1.54, 1.807) is 18.2 Å². The molecule has 0 saturated carbocycles. The molecule has 17 heavy (non-hydrogen) atoms. The number of carbonyl (C=O) groups is 1. The SMILES string of the molecule is CON(C)C(=O)c1sc2cc(Cl)ccc2c1Cl. The molecule has 1 aromatic heterocycles. The van der Waals surface area contributed by atoms with Gasteiger partial charge in [-0.1, -0.05) is 29.3 Å². The third-order valence-electron chi connectivity index (χ3n) is 2.35. The molecular weight excluding hydrogens is 281 g/mol. The van der Waals surface area contributed by atoms with Crippen molar-refractivity contribution in [1.29, 1.82) is 0 Å². The number of carbonyl (C=O) groups excluding carboxylic acids is 1. The van der Waals surface area contributed by atoms with Crippen molar-refractivity contribution < 1.29 is 9.63 Å². The van der Waals surface area contributed by atoms with Gasteiger partial charge in [0.05, 0.1) is 12.1 Å². The minimum atomic E-state index is -0.269. The van der Waals surface area contributed by atoms with Gasteiger partial charge in [-0.3, -0.25) is 9.63 Å². The molecule has 3 nitrogen and oxygen atoms in total. The van der Waals surface area contributed by atoms with Gasteiger partial charge in [0.15, 0.2) is 0 Å². The summed E-state index contributed by atoms with van der Waals surface area (Å²) in [5, 5.41) is 3.03. The van der Waals surface area contributed by atoms with E-state index in [1.165, 1.54) is 25.5 Å². The van der Waals surface area contributed by atoms with Gasteiger partial charge in [0.2, 0.25) is 0 Å². The van der Waals surface area contributed by atoms with Crippen molar-refractivity contribution in [1.82, 2.24) is 5.06 Å². The van der Waals surface area contributed by atoms with Crippen LogP contribution in [0.25, 0.3) is 10.1 Å². The fraction of sp³-hybridized carbons (Fsp3) is 0.182. The van der Waals surface area contributed by atoms with Crippen LogP contribution in [-0.4, -0.2) is 25.1 Å². The molecule has 1 aromatic carbocycles. The monoisotopic (exact) mass is 289 g/mol. The van der Waals surface area contributed by atoms with Gasteiger partial charge in [0.25, 0.3) is 5.91 Å². The van der Waals surface area contributed by atoms with Crippen LogP contribution in [0.3, 0.4) is 0 Å². The number of rotatable bonds is 2. The molecule has 0 spiro atoms. The standard InChI is InChI=1S/C11H9Cl2NO2S/c1-14(16-2)11(15)10-9(13)7-4-3-6(12)5-8(7)17-10/h3-5H,1-2H3. The fourth-order valence-electron chi connectivity index (χ4n) is 1.40. The van der Waals surface area contributed by atoms with E-state index in [4.69, 9.17) is 28.0 Å². The van der Waals surface area contributed by atoms with Crippen molar-refractivity contribution >= 4 is 50.5 Å². The molecule has 2 aromatic rings. The molecule has 0 aliphatic carbocycles. The highest BCUT2D eigenvalue weighted by Gasteiger charge is 2.20. The number of hydroxylamine groups is 2. The van der Waals surface area contributed by atoms with Gasteiger partial charge in [-0.25, -0.2) is 5.06 Å². The van der Waals surface area contributed by atoms with Crippen LogP contribution in [0.2, 0.25) is 10.0 Å². The van der Waals surface area contributed by atoms with Gasteiger partial charge in [0, 0.05) is 22.2 Å². The summed E-state index contributed by atoms with van der Waals surface area (Å²) in [5.74, 6) is -0.269. The van der Waals surface area contributed by atoms with Crippen LogP contribution in [-0.2, 0) is 4.84 Å². The summed E-state index contributed by atoms with van der Waals surface area (Å²) in [6, 6.07) is 5.34. The van der Waals surface area contributed by atoms with Crippen LogP contribution in [0.15, 0.2) is 18.2 Å². The van der Waals surface area contributed by atoms with Gasteiger partial charge < -0.3 is 0 Å². The van der Waals surface area contributed by atoms with Crippen LogP contribution < -0.4 is 0 Å². The summed E-state index contributed by atoms with van der Waals surface area (Å²) >= 11 is 13.4. The van der Waals surface area contributed by atoms with Gasteiger partial charge in [-0.2, -0.15) is 0 Å². The number of benzene rings is 1. The van der Waals surface area contributed by atoms with Gasteiger partial charge >= 0.3 is 0 Å². The smallest absolute Gasteiger partial charge is 0.274 e. The third kappa shape index (κ3) is 2.26. The van der Waals surface area contributed by atoms with E-state index < -0.39 is 0 Å². The topological polar surface area (TPSA) is 29.5 Å². The molecule has 1 heterocycles. The molecule has 6 heteroatoms. The Hall–Kier alpha value is -0.810. The molecule has 0 radical (unpaired) electrons. The van der Waals surface area contributed by atoms with E-state index in [0.29, 0.717) is 14.9 Å². The Morgan fingerprint density at radius 3 is 2.76 bits per heavy atom. The number of hydrogen-bond acceptors (Lipinski definition) is 3. The Balaban J connectivity index is 2.56. The molecule has 90 valence electrons. The molecule has 0 aliphatic heterocycles. The number of amides is 1. The van der Waals surface area contributed by atoms with Crippen LogP contribution >= 0.6 is 34.5 Å². The molecule has 0 atom stereocenters. The summed E-state index contributed by atoms with van der Waals surface area (Å²) in [6.45, 7) is 0. The predicted molar refractivity (Wildman–Crippen MR) is 70.9 cm³/mol. The van der Waals surface area contributed by atoms with E-state index in [9.17, 15) is 4.79 Å². The predicted octanol–water partition coefficient (Wildman–Crippen LogP) is 3.84. The normalized spacial score (nSPS) is 10.8. The molecule has 0 unspecified atom stereocenters. The lowest BCUT2D eigenvalue weighted by atomic mass is 10.2. The highest BCUT2D eigenvalue weighted by atomic mass is 35.5. The zero-order valence-corrected chi connectivity index (χ0v) is 11.5. The van der Waals surface area contributed by atoms with Crippen LogP contribution in [0.1, 0.15) is 9.67 Å². The number of thiophene rings is 1.